The van der Waals surface area contributed by atoms with Crippen molar-refractivity contribution >= 4 is 44.1 Å². The van der Waals surface area contributed by atoms with Crippen molar-refractivity contribution in [3.05, 3.63) is 56.8 Å². The van der Waals surface area contributed by atoms with Crippen LogP contribution in [0.2, 0.25) is 0 Å². The number of nitrogens with one attached hydrogen (secondary N) is 2. The Morgan fingerprint density at radius 1 is 1.39 bits per heavy atom. The number of benzene rings is 1. The van der Waals surface area contributed by atoms with Crippen molar-refractivity contribution in [2.45, 2.75) is 6.04 Å². The topological polar surface area (TPSA) is 48.1 Å². The number of halogens is 1. The summed E-state index contributed by atoms with van der Waals surface area (Å²) in [5, 5.41) is 6.04. The van der Waals surface area contributed by atoms with Gasteiger partial charge in [0.15, 0.2) is 0 Å². The molecule has 2 aromatic heterocycles. The molecule has 3 aromatic rings. The van der Waals surface area contributed by atoms with Crippen LogP contribution < -0.4 is 5.32 Å². The number of amides is 1. The van der Waals surface area contributed by atoms with Gasteiger partial charge < -0.3 is 15.2 Å². The van der Waals surface area contributed by atoms with Crippen molar-refractivity contribution < 1.29 is 4.79 Å². The number of carbonyl (C=O) groups excluding carboxylic acids is 1. The third-order valence-corrected chi connectivity index (χ3v) is 5.31. The standard InChI is InChI=1S/C17H18BrN3OS/c1-21(2)15(16-4-3-7-23-16)10-20-17(22)13-9-19-14-6-5-11(18)8-12(13)14/h3-9,15,19H,10H2,1-2H3,(H,20,22)/t15-/m0/s1. The van der Waals surface area contributed by atoms with Crippen LogP contribution in [0.15, 0.2) is 46.4 Å². The fraction of sp³-hybridized carbons (Fsp3) is 0.235. The highest BCUT2D eigenvalue weighted by molar-refractivity contribution is 9.10. The lowest BCUT2D eigenvalue weighted by Crippen LogP contribution is -2.34. The lowest BCUT2D eigenvalue weighted by Gasteiger charge is -2.23. The molecule has 4 nitrogen and oxygen atoms in total. The molecule has 0 saturated carbocycles. The number of aromatic nitrogens is 1. The van der Waals surface area contributed by atoms with E-state index in [1.807, 2.05) is 38.4 Å². The van der Waals surface area contributed by atoms with Gasteiger partial charge in [-0.15, -0.1) is 11.3 Å². The molecule has 1 aromatic carbocycles. The van der Waals surface area contributed by atoms with E-state index in [-0.39, 0.29) is 11.9 Å². The predicted molar refractivity (Wildman–Crippen MR) is 99.1 cm³/mol. The van der Waals surface area contributed by atoms with Crippen LogP contribution in [0.4, 0.5) is 0 Å². The summed E-state index contributed by atoms with van der Waals surface area (Å²) in [7, 11) is 4.05. The van der Waals surface area contributed by atoms with Crippen LogP contribution in [0.5, 0.6) is 0 Å². The molecule has 23 heavy (non-hydrogen) atoms. The number of hydrogen-bond donors (Lipinski definition) is 2. The number of nitrogens with zero attached hydrogens (tertiary/aromatic N) is 1. The molecule has 1 atom stereocenters. The summed E-state index contributed by atoms with van der Waals surface area (Å²) in [6, 6.07) is 10.2. The van der Waals surface area contributed by atoms with Gasteiger partial charge in [0.25, 0.3) is 5.91 Å². The first-order valence-corrected chi connectivity index (χ1v) is 8.98. The first kappa shape index (κ1) is 16.2. The predicted octanol–water partition coefficient (Wildman–Crippen LogP) is 4.02. The van der Waals surface area contributed by atoms with E-state index in [1.54, 1.807) is 17.5 Å². The number of H-pyrrole nitrogens is 1. The third kappa shape index (κ3) is 3.49. The molecule has 0 saturated heterocycles. The molecule has 0 fully saturated rings. The first-order chi connectivity index (χ1) is 11.1. The van der Waals surface area contributed by atoms with E-state index in [4.69, 9.17) is 0 Å². The lowest BCUT2D eigenvalue weighted by molar-refractivity contribution is 0.0944. The minimum Gasteiger partial charge on any atom is -0.360 e. The molecule has 0 aliphatic carbocycles. The molecule has 1 amide bonds. The van der Waals surface area contributed by atoms with Crippen molar-refractivity contribution in [2.24, 2.45) is 0 Å². The summed E-state index contributed by atoms with van der Waals surface area (Å²) < 4.78 is 0.961. The number of likely N-dealkylation sites (N-methyl/N-ethyl adjacent to an activating group) is 1. The average Bonchev–Trinajstić information content (AvgIpc) is 3.16. The van der Waals surface area contributed by atoms with Gasteiger partial charge in [-0.25, -0.2) is 0 Å². The molecular formula is C17H18BrN3OS. The van der Waals surface area contributed by atoms with E-state index in [0.717, 1.165) is 15.4 Å². The van der Waals surface area contributed by atoms with Crippen molar-refractivity contribution in [1.29, 1.82) is 0 Å². The molecule has 0 bridgehead atoms. The molecule has 3 rings (SSSR count). The van der Waals surface area contributed by atoms with E-state index >= 15 is 0 Å². The second-order valence-electron chi connectivity index (χ2n) is 5.60. The molecule has 6 heteroatoms. The minimum atomic E-state index is -0.0576. The Balaban J connectivity index is 1.76. The maximum Gasteiger partial charge on any atom is 0.253 e. The summed E-state index contributed by atoms with van der Waals surface area (Å²) in [6.07, 6.45) is 1.77. The molecular weight excluding hydrogens is 374 g/mol. The Morgan fingerprint density at radius 2 is 2.22 bits per heavy atom. The smallest absolute Gasteiger partial charge is 0.253 e. The van der Waals surface area contributed by atoms with Crippen LogP contribution in [-0.4, -0.2) is 36.4 Å². The van der Waals surface area contributed by atoms with E-state index in [1.165, 1.54) is 4.88 Å². The minimum absolute atomic E-state index is 0.0576. The normalized spacial score (nSPS) is 12.7. The Hall–Kier alpha value is -1.63. The molecule has 2 heterocycles. The highest BCUT2D eigenvalue weighted by atomic mass is 79.9. The van der Waals surface area contributed by atoms with Gasteiger partial charge in [-0.05, 0) is 43.7 Å². The molecule has 0 aliphatic heterocycles. The van der Waals surface area contributed by atoms with E-state index in [0.29, 0.717) is 12.1 Å². The monoisotopic (exact) mass is 391 g/mol. The molecule has 0 unspecified atom stereocenters. The summed E-state index contributed by atoms with van der Waals surface area (Å²) in [4.78, 5) is 19.1. The van der Waals surface area contributed by atoms with Crippen LogP contribution in [-0.2, 0) is 0 Å². The van der Waals surface area contributed by atoms with E-state index < -0.39 is 0 Å². The van der Waals surface area contributed by atoms with Gasteiger partial charge >= 0.3 is 0 Å². The second-order valence-corrected chi connectivity index (χ2v) is 7.49. The molecule has 120 valence electrons. The summed E-state index contributed by atoms with van der Waals surface area (Å²) in [5.41, 5.74) is 1.63. The number of aromatic amines is 1. The van der Waals surface area contributed by atoms with Gasteiger partial charge in [0.1, 0.15) is 0 Å². The average molecular weight is 392 g/mol. The zero-order chi connectivity index (χ0) is 16.4. The third-order valence-electron chi connectivity index (χ3n) is 3.84. The zero-order valence-corrected chi connectivity index (χ0v) is 15.4. The van der Waals surface area contributed by atoms with Gasteiger partial charge in [0, 0.05) is 33.0 Å². The maximum atomic E-state index is 12.6. The van der Waals surface area contributed by atoms with Crippen LogP contribution in [0.1, 0.15) is 21.3 Å². The first-order valence-electron chi connectivity index (χ1n) is 7.31. The summed E-state index contributed by atoms with van der Waals surface area (Å²) in [6.45, 7) is 0.576. The highest BCUT2D eigenvalue weighted by Gasteiger charge is 2.18. The van der Waals surface area contributed by atoms with Gasteiger partial charge in [0.05, 0.1) is 11.6 Å². The van der Waals surface area contributed by atoms with Gasteiger partial charge in [-0.3, -0.25) is 4.79 Å². The zero-order valence-electron chi connectivity index (χ0n) is 13.0. The maximum absolute atomic E-state index is 12.6. The number of rotatable bonds is 5. The fourth-order valence-electron chi connectivity index (χ4n) is 2.58. The lowest BCUT2D eigenvalue weighted by atomic mass is 10.1. The van der Waals surface area contributed by atoms with Crippen LogP contribution in [0.25, 0.3) is 10.9 Å². The summed E-state index contributed by atoms with van der Waals surface area (Å²) in [5.74, 6) is -0.0576. The Morgan fingerprint density at radius 3 is 2.91 bits per heavy atom. The molecule has 0 radical (unpaired) electrons. The van der Waals surface area contributed by atoms with Crippen LogP contribution in [0, 0.1) is 0 Å². The molecule has 2 N–H and O–H groups in total. The fourth-order valence-corrected chi connectivity index (χ4v) is 3.87. The summed E-state index contributed by atoms with van der Waals surface area (Å²) >= 11 is 5.16. The van der Waals surface area contributed by atoms with Crippen molar-refractivity contribution in [2.75, 3.05) is 20.6 Å². The van der Waals surface area contributed by atoms with Crippen molar-refractivity contribution in [3.8, 4) is 0 Å². The largest absolute Gasteiger partial charge is 0.360 e. The van der Waals surface area contributed by atoms with E-state index in [9.17, 15) is 4.79 Å². The second kappa shape index (κ2) is 6.86. The highest BCUT2D eigenvalue weighted by Crippen LogP contribution is 2.24. The Labute approximate surface area is 147 Å². The molecule has 0 spiro atoms. The quantitative estimate of drug-likeness (QED) is 0.689. The van der Waals surface area contributed by atoms with Crippen LogP contribution >= 0.6 is 27.3 Å². The van der Waals surface area contributed by atoms with Gasteiger partial charge in [-0.2, -0.15) is 0 Å². The number of thiophene rings is 1. The van der Waals surface area contributed by atoms with Gasteiger partial charge in [0.2, 0.25) is 0 Å². The van der Waals surface area contributed by atoms with E-state index in [2.05, 4.69) is 42.6 Å². The van der Waals surface area contributed by atoms with Crippen molar-refractivity contribution in [3.63, 3.8) is 0 Å². The Bertz CT molecular complexity index is 810. The van der Waals surface area contributed by atoms with Crippen LogP contribution in [0.3, 0.4) is 0 Å². The number of carbonyl (C=O) groups is 1. The number of fused-ring (bicyclic) bond motifs is 1. The molecule has 0 aliphatic rings. The van der Waals surface area contributed by atoms with Gasteiger partial charge in [-0.1, -0.05) is 22.0 Å². The van der Waals surface area contributed by atoms with Crippen molar-refractivity contribution in [1.82, 2.24) is 15.2 Å². The number of hydrogen-bond acceptors (Lipinski definition) is 3. The SMILES string of the molecule is CN(C)[C@@H](CNC(=O)c1c[nH]c2ccc(Br)cc12)c1cccs1. The Kier molecular flexibility index (Phi) is 4.84.